The maximum Gasteiger partial charge on any atom is 0.238 e. The van der Waals surface area contributed by atoms with E-state index in [0.717, 1.165) is 17.2 Å². The quantitative estimate of drug-likeness (QED) is 0.673. The Balaban J connectivity index is 1.77. The van der Waals surface area contributed by atoms with Gasteiger partial charge < -0.3 is 10.3 Å². The number of carbonyl (C=O) groups is 1. The predicted octanol–water partition coefficient (Wildman–Crippen LogP) is 0.293. The monoisotopic (exact) mass is 211 g/mol. The van der Waals surface area contributed by atoms with E-state index < -0.39 is 0 Å². The number of carbonyl (C=O) groups excluding carboxylic acids is 1. The molecule has 4 nitrogen and oxygen atoms in total. The number of aromatic nitrogens is 1. The average molecular weight is 211 g/mol. The normalized spacial score (nSPS) is 21.0. The predicted molar refractivity (Wildman–Crippen MR) is 56.9 cm³/mol. The van der Waals surface area contributed by atoms with Crippen LogP contribution in [0.2, 0.25) is 0 Å². The number of nitrogens with one attached hydrogen (secondary N) is 3. The van der Waals surface area contributed by atoms with Crippen molar-refractivity contribution in [2.45, 2.75) is 12.6 Å². The minimum atomic E-state index is -0.0149. The maximum absolute atomic E-state index is 11.5. The highest BCUT2D eigenvalue weighted by atomic mass is 32.2. The van der Waals surface area contributed by atoms with Gasteiger partial charge in [-0.3, -0.25) is 10.1 Å². The molecule has 1 aromatic rings. The molecule has 1 atom stereocenters. The largest absolute Gasteiger partial charge is 0.367 e. The van der Waals surface area contributed by atoms with Crippen molar-refractivity contribution in [2.75, 3.05) is 11.6 Å². The van der Waals surface area contributed by atoms with Crippen LogP contribution in [0.3, 0.4) is 0 Å². The third kappa shape index (κ3) is 2.30. The summed E-state index contributed by atoms with van der Waals surface area (Å²) in [6.45, 7) is 0.602. The standard InChI is InChI=1S/C9H13N3OS/c13-9(8-5-14-6-12-8)11-4-7-1-2-10-3-7/h1-3,8,10,12H,4-6H2,(H,11,13). The third-order valence-corrected chi connectivity index (χ3v) is 3.10. The van der Waals surface area contributed by atoms with Crippen molar-refractivity contribution in [1.29, 1.82) is 0 Å². The lowest BCUT2D eigenvalue weighted by atomic mass is 10.3. The van der Waals surface area contributed by atoms with E-state index in [2.05, 4.69) is 15.6 Å². The Bertz CT molecular complexity index is 293. The molecular formula is C9H13N3OS. The molecule has 14 heavy (non-hydrogen) atoms. The SMILES string of the molecule is O=C(NCc1cc[nH]c1)C1CSCN1. The Morgan fingerprint density at radius 2 is 2.64 bits per heavy atom. The van der Waals surface area contributed by atoms with Crippen LogP contribution in [-0.2, 0) is 11.3 Å². The Morgan fingerprint density at radius 3 is 3.29 bits per heavy atom. The molecule has 0 saturated carbocycles. The van der Waals surface area contributed by atoms with Gasteiger partial charge in [0.1, 0.15) is 0 Å². The molecule has 1 unspecified atom stereocenters. The Morgan fingerprint density at radius 1 is 1.71 bits per heavy atom. The van der Waals surface area contributed by atoms with Gasteiger partial charge in [-0.15, -0.1) is 11.8 Å². The van der Waals surface area contributed by atoms with Crippen LogP contribution in [0.1, 0.15) is 5.56 Å². The van der Waals surface area contributed by atoms with E-state index in [-0.39, 0.29) is 11.9 Å². The first-order valence-electron chi connectivity index (χ1n) is 4.57. The lowest BCUT2D eigenvalue weighted by Crippen LogP contribution is -2.41. The number of H-pyrrole nitrogens is 1. The second-order valence-electron chi connectivity index (χ2n) is 3.21. The lowest BCUT2D eigenvalue weighted by molar-refractivity contribution is -0.122. The van der Waals surface area contributed by atoms with Gasteiger partial charge in [0.05, 0.1) is 6.04 Å². The van der Waals surface area contributed by atoms with Crippen LogP contribution < -0.4 is 10.6 Å². The fraction of sp³-hybridized carbons (Fsp3) is 0.444. The minimum absolute atomic E-state index is 0.0149. The fourth-order valence-corrected chi connectivity index (χ4v) is 2.29. The molecule has 5 heteroatoms. The molecule has 0 bridgehead atoms. The lowest BCUT2D eigenvalue weighted by Gasteiger charge is -2.09. The molecule has 3 N–H and O–H groups in total. The molecule has 76 valence electrons. The van der Waals surface area contributed by atoms with E-state index in [1.807, 2.05) is 18.5 Å². The Kier molecular flexibility index (Phi) is 3.10. The average Bonchev–Trinajstić information content (AvgIpc) is 2.87. The van der Waals surface area contributed by atoms with Gasteiger partial charge in [0.25, 0.3) is 0 Å². The zero-order chi connectivity index (χ0) is 9.80. The highest BCUT2D eigenvalue weighted by Gasteiger charge is 2.21. The van der Waals surface area contributed by atoms with Crippen LogP contribution in [0, 0.1) is 0 Å². The number of thioether (sulfide) groups is 1. The summed E-state index contributed by atoms with van der Waals surface area (Å²) in [6.07, 6.45) is 3.74. The molecule has 2 rings (SSSR count). The van der Waals surface area contributed by atoms with E-state index in [1.54, 1.807) is 11.8 Å². The fourth-order valence-electron chi connectivity index (χ4n) is 1.34. The van der Waals surface area contributed by atoms with Gasteiger partial charge in [0.15, 0.2) is 0 Å². The molecule has 0 aliphatic carbocycles. The van der Waals surface area contributed by atoms with Gasteiger partial charge in [0, 0.05) is 30.6 Å². The van der Waals surface area contributed by atoms with Crippen LogP contribution in [0.15, 0.2) is 18.5 Å². The van der Waals surface area contributed by atoms with Gasteiger partial charge in [-0.2, -0.15) is 0 Å². The summed E-state index contributed by atoms with van der Waals surface area (Å²) in [5.74, 6) is 1.84. The first-order valence-corrected chi connectivity index (χ1v) is 5.72. The molecule has 1 saturated heterocycles. The second-order valence-corrected chi connectivity index (χ2v) is 4.24. The van der Waals surface area contributed by atoms with Gasteiger partial charge in [0.2, 0.25) is 5.91 Å². The third-order valence-electron chi connectivity index (χ3n) is 2.16. The minimum Gasteiger partial charge on any atom is -0.367 e. The summed E-state index contributed by atoms with van der Waals surface area (Å²) in [5, 5.41) is 6.02. The van der Waals surface area contributed by atoms with Gasteiger partial charge in [-0.05, 0) is 11.6 Å². The van der Waals surface area contributed by atoms with Crippen molar-refractivity contribution in [3.8, 4) is 0 Å². The topological polar surface area (TPSA) is 56.9 Å². The van der Waals surface area contributed by atoms with Crippen LogP contribution >= 0.6 is 11.8 Å². The summed E-state index contributed by atoms with van der Waals surface area (Å²) in [7, 11) is 0. The van der Waals surface area contributed by atoms with Crippen molar-refractivity contribution in [1.82, 2.24) is 15.6 Å². The Hall–Kier alpha value is -0.940. The highest BCUT2D eigenvalue weighted by Crippen LogP contribution is 2.09. The molecular weight excluding hydrogens is 198 g/mol. The summed E-state index contributed by atoms with van der Waals surface area (Å²) in [5.41, 5.74) is 1.10. The van der Waals surface area contributed by atoms with Crippen molar-refractivity contribution in [3.05, 3.63) is 24.0 Å². The number of rotatable bonds is 3. The number of aromatic amines is 1. The molecule has 0 spiro atoms. The number of hydrogen-bond acceptors (Lipinski definition) is 3. The maximum atomic E-state index is 11.5. The van der Waals surface area contributed by atoms with E-state index in [0.29, 0.717) is 6.54 Å². The summed E-state index contributed by atoms with van der Waals surface area (Å²) in [6, 6.07) is 1.94. The first kappa shape index (κ1) is 9.61. The van der Waals surface area contributed by atoms with E-state index in [9.17, 15) is 4.79 Å². The summed E-state index contributed by atoms with van der Waals surface area (Å²) >= 11 is 1.76. The molecule has 0 aromatic carbocycles. The van der Waals surface area contributed by atoms with E-state index in [4.69, 9.17) is 0 Å². The number of amides is 1. The smallest absolute Gasteiger partial charge is 0.238 e. The molecule has 1 aliphatic rings. The molecule has 1 amide bonds. The van der Waals surface area contributed by atoms with Crippen molar-refractivity contribution >= 4 is 17.7 Å². The van der Waals surface area contributed by atoms with Crippen LogP contribution in [-0.4, -0.2) is 28.6 Å². The van der Waals surface area contributed by atoms with Crippen molar-refractivity contribution in [3.63, 3.8) is 0 Å². The van der Waals surface area contributed by atoms with Crippen LogP contribution in [0.5, 0.6) is 0 Å². The second kappa shape index (κ2) is 4.52. The van der Waals surface area contributed by atoms with Gasteiger partial charge in [-0.1, -0.05) is 0 Å². The van der Waals surface area contributed by atoms with E-state index in [1.165, 1.54) is 0 Å². The first-order chi connectivity index (χ1) is 6.86. The molecule has 1 fully saturated rings. The summed E-state index contributed by atoms with van der Waals surface area (Å²) in [4.78, 5) is 14.5. The Labute approximate surface area is 86.8 Å². The molecule has 0 radical (unpaired) electrons. The van der Waals surface area contributed by atoms with Crippen LogP contribution in [0.25, 0.3) is 0 Å². The van der Waals surface area contributed by atoms with Gasteiger partial charge >= 0.3 is 0 Å². The van der Waals surface area contributed by atoms with Crippen LogP contribution in [0.4, 0.5) is 0 Å². The highest BCUT2D eigenvalue weighted by molar-refractivity contribution is 7.99. The van der Waals surface area contributed by atoms with E-state index >= 15 is 0 Å². The zero-order valence-corrected chi connectivity index (χ0v) is 8.56. The molecule has 2 heterocycles. The van der Waals surface area contributed by atoms with Crippen molar-refractivity contribution < 1.29 is 4.79 Å². The molecule has 1 aromatic heterocycles. The van der Waals surface area contributed by atoms with Gasteiger partial charge in [-0.25, -0.2) is 0 Å². The summed E-state index contributed by atoms with van der Waals surface area (Å²) < 4.78 is 0. The molecule has 1 aliphatic heterocycles. The number of hydrogen-bond donors (Lipinski definition) is 3. The van der Waals surface area contributed by atoms with Crippen molar-refractivity contribution in [2.24, 2.45) is 0 Å². The zero-order valence-electron chi connectivity index (χ0n) is 7.75.